The van der Waals surface area contributed by atoms with Crippen molar-refractivity contribution in [3.63, 3.8) is 0 Å². The van der Waals surface area contributed by atoms with Gasteiger partial charge in [-0.25, -0.2) is 0 Å². The number of rotatable bonds is 4. The van der Waals surface area contributed by atoms with Gasteiger partial charge in [-0.15, -0.1) is 0 Å². The summed E-state index contributed by atoms with van der Waals surface area (Å²) < 4.78 is 0.321. The van der Waals surface area contributed by atoms with Crippen molar-refractivity contribution in [3.05, 3.63) is 35.4 Å². The molecule has 0 fully saturated rings. The molecule has 1 aliphatic carbocycles. The Morgan fingerprint density at radius 3 is 2.83 bits per heavy atom. The van der Waals surface area contributed by atoms with E-state index >= 15 is 0 Å². The van der Waals surface area contributed by atoms with E-state index in [1.165, 1.54) is 31.2 Å². The lowest BCUT2D eigenvalue weighted by Crippen LogP contribution is -2.34. The lowest BCUT2D eigenvalue weighted by molar-refractivity contribution is 0.464. The van der Waals surface area contributed by atoms with Crippen LogP contribution >= 0.6 is 11.8 Å². The van der Waals surface area contributed by atoms with Gasteiger partial charge in [-0.1, -0.05) is 30.7 Å². The van der Waals surface area contributed by atoms with E-state index in [1.807, 2.05) is 11.8 Å². The van der Waals surface area contributed by atoms with Crippen LogP contribution in [0.3, 0.4) is 0 Å². The summed E-state index contributed by atoms with van der Waals surface area (Å²) in [5.41, 5.74) is 3.08. The van der Waals surface area contributed by atoms with Crippen LogP contribution in [0, 0.1) is 0 Å². The van der Waals surface area contributed by atoms with Crippen LogP contribution in [0.25, 0.3) is 0 Å². The molecule has 2 rings (SSSR count). The fourth-order valence-electron chi connectivity index (χ4n) is 2.57. The molecule has 1 aromatic carbocycles. The molecule has 1 aromatic rings. The number of aryl methyl sites for hydroxylation is 1. The van der Waals surface area contributed by atoms with Gasteiger partial charge in [-0.2, -0.15) is 11.8 Å². The first-order chi connectivity index (χ1) is 8.62. The normalized spacial score (nSPS) is 20.3. The van der Waals surface area contributed by atoms with Crippen molar-refractivity contribution >= 4 is 11.8 Å². The number of thioether (sulfide) groups is 1. The number of nitrogens with one attached hydrogen (secondary N) is 1. The molecule has 0 aromatic heterocycles. The zero-order valence-electron chi connectivity index (χ0n) is 11.8. The average molecular weight is 263 g/mol. The van der Waals surface area contributed by atoms with E-state index in [9.17, 15) is 0 Å². The highest BCUT2D eigenvalue weighted by atomic mass is 32.2. The summed E-state index contributed by atoms with van der Waals surface area (Å²) in [6, 6.07) is 9.51. The van der Waals surface area contributed by atoms with Crippen LogP contribution in [0.15, 0.2) is 24.3 Å². The van der Waals surface area contributed by atoms with Crippen LogP contribution in [0.2, 0.25) is 0 Å². The minimum absolute atomic E-state index is 0.321. The SMILES string of the molecule is CSC(C)(C)CNC1CCCCc2ccccc21. The fourth-order valence-corrected chi connectivity index (χ4v) is 2.80. The van der Waals surface area contributed by atoms with Crippen LogP contribution in [0.5, 0.6) is 0 Å². The van der Waals surface area contributed by atoms with Crippen LogP contribution in [-0.2, 0) is 6.42 Å². The van der Waals surface area contributed by atoms with E-state index in [1.54, 1.807) is 5.56 Å². The molecule has 0 radical (unpaired) electrons. The zero-order valence-corrected chi connectivity index (χ0v) is 12.6. The summed E-state index contributed by atoms with van der Waals surface area (Å²) in [7, 11) is 0. The van der Waals surface area contributed by atoms with Gasteiger partial charge < -0.3 is 5.32 Å². The first-order valence-electron chi connectivity index (χ1n) is 6.99. The van der Waals surface area contributed by atoms with E-state index in [-0.39, 0.29) is 0 Å². The molecule has 0 saturated carbocycles. The molecule has 0 heterocycles. The largest absolute Gasteiger partial charge is 0.309 e. The van der Waals surface area contributed by atoms with E-state index in [0.717, 1.165) is 6.54 Å². The van der Waals surface area contributed by atoms with Gasteiger partial charge in [0.05, 0.1) is 0 Å². The Morgan fingerprint density at radius 1 is 1.28 bits per heavy atom. The van der Waals surface area contributed by atoms with Crippen molar-refractivity contribution in [2.45, 2.75) is 50.3 Å². The molecule has 0 aliphatic heterocycles. The minimum atomic E-state index is 0.321. The molecule has 100 valence electrons. The van der Waals surface area contributed by atoms with Gasteiger partial charge in [0.25, 0.3) is 0 Å². The molecule has 18 heavy (non-hydrogen) atoms. The summed E-state index contributed by atoms with van der Waals surface area (Å²) >= 11 is 1.94. The Balaban J connectivity index is 2.08. The van der Waals surface area contributed by atoms with Gasteiger partial charge in [0.15, 0.2) is 0 Å². The first kappa shape index (κ1) is 14.0. The molecule has 1 nitrogen and oxygen atoms in total. The quantitative estimate of drug-likeness (QED) is 0.818. The molecule has 0 bridgehead atoms. The topological polar surface area (TPSA) is 12.0 Å². The maximum atomic E-state index is 3.79. The minimum Gasteiger partial charge on any atom is -0.309 e. The summed E-state index contributed by atoms with van der Waals surface area (Å²) in [6.45, 7) is 5.70. The lowest BCUT2D eigenvalue weighted by Gasteiger charge is -2.27. The summed E-state index contributed by atoms with van der Waals surface area (Å²) in [6.07, 6.45) is 7.40. The molecule has 2 heteroatoms. The molecule has 1 unspecified atom stereocenters. The van der Waals surface area contributed by atoms with Crippen molar-refractivity contribution in [3.8, 4) is 0 Å². The molecule has 0 saturated heterocycles. The third-order valence-electron chi connectivity index (χ3n) is 3.95. The predicted octanol–water partition coefficient (Wildman–Crippen LogP) is 4.19. The van der Waals surface area contributed by atoms with E-state index < -0.39 is 0 Å². The molecule has 0 amide bonds. The molecular weight excluding hydrogens is 238 g/mol. The monoisotopic (exact) mass is 263 g/mol. The van der Waals surface area contributed by atoms with Crippen molar-refractivity contribution in [2.75, 3.05) is 12.8 Å². The zero-order chi connectivity index (χ0) is 13.0. The highest BCUT2D eigenvalue weighted by molar-refractivity contribution is 7.99. The second-order valence-electron chi connectivity index (χ2n) is 5.84. The smallest absolute Gasteiger partial charge is 0.0323 e. The van der Waals surface area contributed by atoms with Gasteiger partial charge in [0.2, 0.25) is 0 Å². The Kier molecular flexibility index (Phi) is 4.74. The van der Waals surface area contributed by atoms with Crippen molar-refractivity contribution in [2.24, 2.45) is 0 Å². The average Bonchev–Trinajstić information content (AvgIpc) is 2.59. The van der Waals surface area contributed by atoms with E-state index in [4.69, 9.17) is 0 Å². The highest BCUT2D eigenvalue weighted by Crippen LogP contribution is 2.29. The van der Waals surface area contributed by atoms with Gasteiger partial charge >= 0.3 is 0 Å². The van der Waals surface area contributed by atoms with Gasteiger partial charge in [0, 0.05) is 17.3 Å². The third kappa shape index (κ3) is 3.52. The van der Waals surface area contributed by atoms with Crippen LogP contribution in [-0.4, -0.2) is 17.5 Å². The lowest BCUT2D eigenvalue weighted by atomic mass is 9.98. The molecule has 1 atom stereocenters. The summed E-state index contributed by atoms with van der Waals surface area (Å²) in [5.74, 6) is 0. The van der Waals surface area contributed by atoms with Crippen LogP contribution in [0.1, 0.15) is 50.3 Å². The maximum absolute atomic E-state index is 3.79. The Bertz CT molecular complexity index is 386. The molecule has 0 spiro atoms. The van der Waals surface area contributed by atoms with E-state index in [2.05, 4.69) is 49.7 Å². The van der Waals surface area contributed by atoms with Gasteiger partial charge in [0.1, 0.15) is 0 Å². The van der Waals surface area contributed by atoms with Crippen molar-refractivity contribution < 1.29 is 0 Å². The van der Waals surface area contributed by atoms with Crippen molar-refractivity contribution in [1.29, 1.82) is 0 Å². The maximum Gasteiger partial charge on any atom is 0.0323 e. The van der Waals surface area contributed by atoms with E-state index in [0.29, 0.717) is 10.8 Å². The number of hydrogen-bond donors (Lipinski definition) is 1. The Morgan fingerprint density at radius 2 is 2.06 bits per heavy atom. The number of fused-ring (bicyclic) bond motifs is 1. The molecular formula is C16H25NS. The number of hydrogen-bond acceptors (Lipinski definition) is 2. The number of benzene rings is 1. The predicted molar refractivity (Wildman–Crippen MR) is 82.3 cm³/mol. The molecule has 1 aliphatic rings. The standard InChI is InChI=1S/C16H25NS/c1-16(2,18-3)12-17-15-11-7-5-9-13-8-4-6-10-14(13)15/h4,6,8,10,15,17H,5,7,9,11-12H2,1-3H3. The Hall–Kier alpha value is -0.470. The van der Waals surface area contributed by atoms with Crippen LogP contribution < -0.4 is 5.32 Å². The van der Waals surface area contributed by atoms with Crippen molar-refractivity contribution in [1.82, 2.24) is 5.32 Å². The van der Waals surface area contributed by atoms with Gasteiger partial charge in [-0.3, -0.25) is 0 Å². The second-order valence-corrected chi connectivity index (χ2v) is 7.36. The van der Waals surface area contributed by atoms with Crippen LogP contribution in [0.4, 0.5) is 0 Å². The summed E-state index contributed by atoms with van der Waals surface area (Å²) in [5, 5.41) is 3.79. The summed E-state index contributed by atoms with van der Waals surface area (Å²) in [4.78, 5) is 0. The third-order valence-corrected chi connectivity index (χ3v) is 5.20. The highest BCUT2D eigenvalue weighted by Gasteiger charge is 2.21. The van der Waals surface area contributed by atoms with Gasteiger partial charge in [-0.05, 0) is 50.5 Å². The Labute approximate surface area is 116 Å². The fraction of sp³-hybridized carbons (Fsp3) is 0.625. The first-order valence-corrected chi connectivity index (χ1v) is 8.21. The second kappa shape index (κ2) is 6.12. The molecule has 1 N–H and O–H groups in total.